The summed E-state index contributed by atoms with van der Waals surface area (Å²) < 4.78 is 16.0. The molecule has 1 amide bonds. The minimum atomic E-state index is -0.0880. The Kier molecular flexibility index (Phi) is 6.65. The lowest BCUT2D eigenvalue weighted by molar-refractivity contribution is -0.117. The summed E-state index contributed by atoms with van der Waals surface area (Å²) in [5.41, 5.74) is 1.69. The summed E-state index contributed by atoms with van der Waals surface area (Å²) in [6.45, 7) is 1.14. The van der Waals surface area contributed by atoms with Gasteiger partial charge >= 0.3 is 0 Å². The van der Waals surface area contributed by atoms with E-state index >= 15 is 0 Å². The summed E-state index contributed by atoms with van der Waals surface area (Å²) in [7, 11) is 4.86. The van der Waals surface area contributed by atoms with Crippen molar-refractivity contribution in [2.45, 2.75) is 18.9 Å². The second-order valence-corrected chi connectivity index (χ2v) is 7.04. The Hall–Kier alpha value is -2.44. The number of ether oxygens (including phenoxy) is 3. The number of hydrogen-bond acceptors (Lipinski definition) is 5. The lowest BCUT2D eigenvalue weighted by atomic mass is 10.0. The Bertz CT molecular complexity index is 843. The fourth-order valence-electron chi connectivity index (χ4n) is 3.60. The topological polar surface area (TPSA) is 60.0 Å². The number of anilines is 1. The standard InChI is InChI=1S/C21H25ClN2O4/c1-26-15-7-9-19(27-2)16(12-15)18-5-4-10-24(18)13-21(25)23-14-6-8-20(28-3)17(22)11-14/h6-9,11-12,18H,4-5,10,13H2,1-3H3,(H,23,25)/t18-/m1/s1. The molecule has 0 aromatic heterocycles. The Balaban J connectivity index is 1.71. The second kappa shape index (κ2) is 9.17. The third-order valence-corrected chi connectivity index (χ3v) is 5.24. The van der Waals surface area contributed by atoms with Crippen molar-refractivity contribution in [2.24, 2.45) is 0 Å². The largest absolute Gasteiger partial charge is 0.497 e. The monoisotopic (exact) mass is 404 g/mol. The molecule has 0 spiro atoms. The average Bonchev–Trinajstić information content (AvgIpc) is 3.15. The van der Waals surface area contributed by atoms with E-state index in [2.05, 4.69) is 10.2 Å². The first-order valence-corrected chi connectivity index (χ1v) is 9.53. The molecule has 6 nitrogen and oxygen atoms in total. The van der Waals surface area contributed by atoms with Gasteiger partial charge in [-0.15, -0.1) is 0 Å². The summed E-state index contributed by atoms with van der Waals surface area (Å²) in [6.07, 6.45) is 1.98. The first-order valence-electron chi connectivity index (χ1n) is 9.15. The van der Waals surface area contributed by atoms with Crippen LogP contribution in [0.2, 0.25) is 5.02 Å². The highest BCUT2D eigenvalue weighted by Gasteiger charge is 2.30. The molecule has 0 unspecified atom stereocenters. The molecule has 150 valence electrons. The van der Waals surface area contributed by atoms with Crippen molar-refractivity contribution in [3.63, 3.8) is 0 Å². The number of carbonyl (C=O) groups excluding carboxylic acids is 1. The normalized spacial score (nSPS) is 16.6. The van der Waals surface area contributed by atoms with E-state index in [-0.39, 0.29) is 18.5 Å². The summed E-state index contributed by atoms with van der Waals surface area (Å²) >= 11 is 6.14. The molecule has 1 aliphatic rings. The fourth-order valence-corrected chi connectivity index (χ4v) is 3.85. The van der Waals surface area contributed by atoms with Gasteiger partial charge in [0.1, 0.15) is 17.2 Å². The van der Waals surface area contributed by atoms with Crippen LogP contribution in [-0.2, 0) is 4.79 Å². The minimum absolute atomic E-state index is 0.0880. The number of carbonyl (C=O) groups is 1. The molecular formula is C21H25ClN2O4. The van der Waals surface area contributed by atoms with Gasteiger partial charge in [-0.25, -0.2) is 0 Å². The van der Waals surface area contributed by atoms with Crippen LogP contribution in [0.1, 0.15) is 24.4 Å². The predicted octanol–water partition coefficient (Wildman–Crippen LogP) is 4.14. The number of amides is 1. The highest BCUT2D eigenvalue weighted by Crippen LogP contribution is 2.38. The van der Waals surface area contributed by atoms with Gasteiger partial charge in [0.05, 0.1) is 32.9 Å². The minimum Gasteiger partial charge on any atom is -0.497 e. The summed E-state index contributed by atoms with van der Waals surface area (Å²) in [4.78, 5) is 14.8. The zero-order valence-corrected chi connectivity index (χ0v) is 17.1. The van der Waals surface area contributed by atoms with Crippen LogP contribution in [0.3, 0.4) is 0 Å². The lowest BCUT2D eigenvalue weighted by Crippen LogP contribution is -2.33. The molecule has 2 aromatic rings. The van der Waals surface area contributed by atoms with Gasteiger partial charge in [0.25, 0.3) is 0 Å². The van der Waals surface area contributed by atoms with Crippen molar-refractivity contribution < 1.29 is 19.0 Å². The summed E-state index contributed by atoms with van der Waals surface area (Å²) in [5.74, 6) is 2.07. The number of hydrogen-bond donors (Lipinski definition) is 1. The molecule has 0 aliphatic carbocycles. The van der Waals surface area contributed by atoms with Crippen molar-refractivity contribution in [1.29, 1.82) is 0 Å². The van der Waals surface area contributed by atoms with E-state index in [4.69, 9.17) is 25.8 Å². The molecule has 1 atom stereocenters. The number of nitrogens with one attached hydrogen (secondary N) is 1. The molecule has 0 bridgehead atoms. The molecule has 2 aromatic carbocycles. The maximum absolute atomic E-state index is 12.6. The van der Waals surface area contributed by atoms with Gasteiger partial charge < -0.3 is 19.5 Å². The van der Waals surface area contributed by atoms with Gasteiger partial charge in [0.15, 0.2) is 0 Å². The molecule has 0 saturated carbocycles. The molecule has 1 aliphatic heterocycles. The smallest absolute Gasteiger partial charge is 0.238 e. The van der Waals surface area contributed by atoms with E-state index in [1.54, 1.807) is 39.5 Å². The van der Waals surface area contributed by atoms with Gasteiger partial charge in [0, 0.05) is 17.3 Å². The van der Waals surface area contributed by atoms with Gasteiger partial charge in [-0.3, -0.25) is 9.69 Å². The third kappa shape index (κ3) is 4.51. The van der Waals surface area contributed by atoms with E-state index in [1.165, 1.54) is 0 Å². The highest BCUT2D eigenvalue weighted by atomic mass is 35.5. The van der Waals surface area contributed by atoms with Crippen molar-refractivity contribution in [3.05, 3.63) is 47.0 Å². The third-order valence-electron chi connectivity index (χ3n) is 4.94. The van der Waals surface area contributed by atoms with Gasteiger partial charge in [-0.2, -0.15) is 0 Å². The van der Waals surface area contributed by atoms with Crippen LogP contribution in [0.25, 0.3) is 0 Å². The Labute approximate surface area is 170 Å². The quantitative estimate of drug-likeness (QED) is 0.751. The van der Waals surface area contributed by atoms with Crippen molar-refractivity contribution >= 4 is 23.2 Å². The average molecular weight is 405 g/mol. The number of rotatable bonds is 7. The number of nitrogens with zero attached hydrogens (tertiary/aromatic N) is 1. The van der Waals surface area contributed by atoms with E-state index < -0.39 is 0 Å². The number of halogens is 1. The molecule has 3 rings (SSSR count). The van der Waals surface area contributed by atoms with Gasteiger partial charge in [-0.1, -0.05) is 11.6 Å². The SMILES string of the molecule is COc1ccc(OC)c([C@H]2CCCN2CC(=O)Nc2ccc(OC)c(Cl)c2)c1. The van der Waals surface area contributed by atoms with Crippen LogP contribution in [0.15, 0.2) is 36.4 Å². The van der Waals surface area contributed by atoms with Crippen LogP contribution in [-0.4, -0.2) is 45.2 Å². The number of likely N-dealkylation sites (tertiary alicyclic amines) is 1. The van der Waals surface area contributed by atoms with Crippen LogP contribution >= 0.6 is 11.6 Å². The first kappa shape index (κ1) is 20.3. The number of methoxy groups -OCH3 is 3. The predicted molar refractivity (Wildman–Crippen MR) is 110 cm³/mol. The van der Waals surface area contributed by atoms with E-state index in [0.29, 0.717) is 16.5 Å². The van der Waals surface area contributed by atoms with E-state index in [1.807, 2.05) is 18.2 Å². The summed E-state index contributed by atoms with van der Waals surface area (Å²) in [5, 5.41) is 3.37. The van der Waals surface area contributed by atoms with Crippen LogP contribution in [0, 0.1) is 0 Å². The van der Waals surface area contributed by atoms with E-state index in [9.17, 15) is 4.79 Å². The van der Waals surface area contributed by atoms with Crippen molar-refractivity contribution in [1.82, 2.24) is 4.90 Å². The van der Waals surface area contributed by atoms with Crippen LogP contribution in [0.4, 0.5) is 5.69 Å². The second-order valence-electron chi connectivity index (χ2n) is 6.63. The summed E-state index contributed by atoms with van der Waals surface area (Å²) in [6, 6.07) is 11.1. The van der Waals surface area contributed by atoms with Gasteiger partial charge in [-0.05, 0) is 55.8 Å². The molecule has 1 fully saturated rings. The van der Waals surface area contributed by atoms with E-state index in [0.717, 1.165) is 36.4 Å². The first-order chi connectivity index (χ1) is 13.5. The maximum atomic E-state index is 12.6. The Morgan fingerprint density at radius 3 is 2.54 bits per heavy atom. The molecule has 1 heterocycles. The van der Waals surface area contributed by atoms with Crippen LogP contribution in [0.5, 0.6) is 17.2 Å². The van der Waals surface area contributed by atoms with Crippen molar-refractivity contribution in [2.75, 3.05) is 39.7 Å². The maximum Gasteiger partial charge on any atom is 0.238 e. The molecule has 7 heteroatoms. The lowest BCUT2D eigenvalue weighted by Gasteiger charge is -2.26. The zero-order valence-electron chi connectivity index (χ0n) is 16.3. The van der Waals surface area contributed by atoms with Gasteiger partial charge in [0.2, 0.25) is 5.91 Å². The van der Waals surface area contributed by atoms with Crippen LogP contribution < -0.4 is 19.5 Å². The zero-order chi connectivity index (χ0) is 20.1. The molecular weight excluding hydrogens is 380 g/mol. The van der Waals surface area contributed by atoms with Crippen molar-refractivity contribution in [3.8, 4) is 17.2 Å². The molecule has 0 radical (unpaired) electrons. The Morgan fingerprint density at radius 2 is 1.86 bits per heavy atom. The molecule has 1 saturated heterocycles. The Morgan fingerprint density at radius 1 is 1.11 bits per heavy atom. The number of benzene rings is 2. The molecule has 28 heavy (non-hydrogen) atoms. The molecule has 1 N–H and O–H groups in total. The fraction of sp³-hybridized carbons (Fsp3) is 0.381. The highest BCUT2D eigenvalue weighted by molar-refractivity contribution is 6.32.